The average Bonchev–Trinajstić information content (AvgIpc) is 3.13. The van der Waals surface area contributed by atoms with Crippen LogP contribution in [0.3, 0.4) is 0 Å². The molecule has 0 spiro atoms. The molecule has 0 aliphatic carbocycles. The molecule has 0 unspecified atom stereocenters. The minimum atomic E-state index is 0. The highest BCUT2D eigenvalue weighted by molar-refractivity contribution is 14.0. The topological polar surface area (TPSA) is 91.1 Å². The van der Waals surface area contributed by atoms with Crippen LogP contribution in [0.4, 0.5) is 0 Å². The first-order chi connectivity index (χ1) is 10.2. The Morgan fingerprint density at radius 2 is 2.23 bits per heavy atom. The Morgan fingerprint density at radius 3 is 2.82 bits per heavy atom. The number of halogens is 1. The van der Waals surface area contributed by atoms with E-state index in [2.05, 4.69) is 44.8 Å². The maximum atomic E-state index is 5.29. The summed E-state index contributed by atoms with van der Waals surface area (Å²) in [4.78, 5) is 4.47. The van der Waals surface area contributed by atoms with Gasteiger partial charge in [-0.2, -0.15) is 5.10 Å². The molecule has 0 atom stereocenters. The molecule has 0 bridgehead atoms. The third-order valence-electron chi connectivity index (χ3n) is 2.91. The van der Waals surface area contributed by atoms with Crippen LogP contribution in [-0.2, 0) is 13.1 Å². The van der Waals surface area contributed by atoms with E-state index in [0.29, 0.717) is 19.0 Å². The molecule has 8 heteroatoms. The van der Waals surface area contributed by atoms with Crippen molar-refractivity contribution in [1.29, 1.82) is 0 Å². The van der Waals surface area contributed by atoms with Crippen LogP contribution in [0.5, 0.6) is 0 Å². The molecule has 0 amide bonds. The number of nitrogens with zero attached hydrogens (tertiary/aromatic N) is 3. The molecule has 0 aliphatic rings. The summed E-state index contributed by atoms with van der Waals surface area (Å²) in [5.74, 6) is 1.89. The van der Waals surface area contributed by atoms with Gasteiger partial charge in [-0.3, -0.25) is 5.10 Å². The van der Waals surface area contributed by atoms with Gasteiger partial charge in [0.05, 0.1) is 24.5 Å². The fraction of sp³-hybridized carbons (Fsp3) is 0.500. The van der Waals surface area contributed by atoms with Crippen LogP contribution in [0, 0.1) is 0 Å². The van der Waals surface area contributed by atoms with Crippen LogP contribution in [0.15, 0.2) is 27.8 Å². The summed E-state index contributed by atoms with van der Waals surface area (Å²) >= 11 is 0. The zero-order chi connectivity index (χ0) is 15.1. The fourth-order valence-corrected chi connectivity index (χ4v) is 1.73. The van der Waals surface area contributed by atoms with Crippen molar-refractivity contribution in [3.63, 3.8) is 0 Å². The molecule has 0 saturated carbocycles. The highest BCUT2D eigenvalue weighted by Crippen LogP contribution is 2.13. The third-order valence-corrected chi connectivity index (χ3v) is 2.91. The van der Waals surface area contributed by atoms with E-state index in [1.807, 2.05) is 19.1 Å². The summed E-state index contributed by atoms with van der Waals surface area (Å²) in [6.07, 6.45) is 1.72. The van der Waals surface area contributed by atoms with E-state index in [4.69, 9.17) is 4.52 Å². The summed E-state index contributed by atoms with van der Waals surface area (Å²) in [5, 5.41) is 17.2. The number of hydrogen-bond donors (Lipinski definition) is 3. The quantitative estimate of drug-likeness (QED) is 0.381. The Morgan fingerprint density at radius 1 is 1.41 bits per heavy atom. The second-order valence-corrected chi connectivity index (χ2v) is 5.00. The first-order valence-corrected chi connectivity index (χ1v) is 7.15. The van der Waals surface area contributed by atoms with Crippen LogP contribution in [0.2, 0.25) is 0 Å². The minimum Gasteiger partial charge on any atom is -0.359 e. The molecule has 122 valence electrons. The zero-order valence-corrected chi connectivity index (χ0v) is 15.4. The van der Waals surface area contributed by atoms with Crippen molar-refractivity contribution in [1.82, 2.24) is 26.0 Å². The van der Waals surface area contributed by atoms with Crippen molar-refractivity contribution in [2.75, 3.05) is 6.54 Å². The van der Waals surface area contributed by atoms with Gasteiger partial charge in [-0.25, -0.2) is 4.99 Å². The van der Waals surface area contributed by atoms with E-state index < -0.39 is 0 Å². The van der Waals surface area contributed by atoms with E-state index in [-0.39, 0.29) is 24.0 Å². The van der Waals surface area contributed by atoms with Crippen molar-refractivity contribution in [3.05, 3.63) is 35.5 Å². The first kappa shape index (κ1) is 18.5. The number of guanidine groups is 1. The summed E-state index contributed by atoms with van der Waals surface area (Å²) in [7, 11) is 0. The van der Waals surface area contributed by atoms with Crippen LogP contribution in [0.25, 0.3) is 0 Å². The molecule has 3 N–H and O–H groups in total. The number of rotatable bonds is 6. The van der Waals surface area contributed by atoms with Crippen LogP contribution in [0.1, 0.15) is 43.8 Å². The Labute approximate surface area is 147 Å². The van der Waals surface area contributed by atoms with E-state index >= 15 is 0 Å². The van der Waals surface area contributed by atoms with Crippen LogP contribution in [-0.4, -0.2) is 27.9 Å². The number of nitrogens with one attached hydrogen (secondary N) is 3. The Balaban J connectivity index is 0.00000242. The number of aromatic amines is 1. The van der Waals surface area contributed by atoms with Gasteiger partial charge in [0.25, 0.3) is 0 Å². The maximum absolute atomic E-state index is 5.29. The lowest BCUT2D eigenvalue weighted by Crippen LogP contribution is -2.36. The summed E-state index contributed by atoms with van der Waals surface area (Å²) in [6, 6.07) is 3.87. The number of aromatic nitrogens is 3. The number of H-pyrrole nitrogens is 1. The van der Waals surface area contributed by atoms with Crippen LogP contribution < -0.4 is 10.6 Å². The summed E-state index contributed by atoms with van der Waals surface area (Å²) in [5.41, 5.74) is 1.93. The van der Waals surface area contributed by atoms with Crippen molar-refractivity contribution in [3.8, 4) is 0 Å². The molecule has 2 rings (SSSR count). The molecular weight excluding hydrogens is 395 g/mol. The Hall–Kier alpha value is -1.58. The number of aliphatic imine (C=N–C) groups is 1. The molecule has 22 heavy (non-hydrogen) atoms. The first-order valence-electron chi connectivity index (χ1n) is 7.15. The second kappa shape index (κ2) is 9.44. The van der Waals surface area contributed by atoms with Gasteiger partial charge < -0.3 is 15.2 Å². The van der Waals surface area contributed by atoms with Gasteiger partial charge in [-0.15, -0.1) is 24.0 Å². The van der Waals surface area contributed by atoms with Gasteiger partial charge >= 0.3 is 0 Å². The predicted molar refractivity (Wildman–Crippen MR) is 96.3 cm³/mol. The van der Waals surface area contributed by atoms with E-state index in [1.165, 1.54) is 0 Å². The predicted octanol–water partition coefficient (Wildman–Crippen LogP) is 2.39. The second-order valence-electron chi connectivity index (χ2n) is 5.00. The largest absolute Gasteiger partial charge is 0.359 e. The molecule has 0 aliphatic heterocycles. The van der Waals surface area contributed by atoms with Gasteiger partial charge in [-0.1, -0.05) is 19.0 Å². The normalized spacial score (nSPS) is 11.4. The Bertz CT molecular complexity index is 564. The van der Waals surface area contributed by atoms with Crippen molar-refractivity contribution < 1.29 is 4.52 Å². The van der Waals surface area contributed by atoms with Crippen LogP contribution >= 0.6 is 24.0 Å². The lowest BCUT2D eigenvalue weighted by atomic mass is 10.1. The molecule has 0 saturated heterocycles. The standard InChI is InChI=1S/C14H22N6O.HI/c1-4-15-14(16-8-11-5-6-18-19-11)17-9-12-7-13(10(2)3)20-21-12;/h5-7,10H,4,8-9H2,1-3H3,(H,18,19)(H2,15,16,17);1H. The molecule has 7 nitrogen and oxygen atoms in total. The van der Waals surface area contributed by atoms with Gasteiger partial charge in [0.2, 0.25) is 0 Å². The molecule has 2 aromatic rings. The van der Waals surface area contributed by atoms with Gasteiger partial charge in [0.15, 0.2) is 11.7 Å². The minimum absolute atomic E-state index is 0. The number of hydrogen-bond acceptors (Lipinski definition) is 4. The molecule has 0 fully saturated rings. The average molecular weight is 418 g/mol. The maximum Gasteiger partial charge on any atom is 0.192 e. The fourth-order valence-electron chi connectivity index (χ4n) is 1.73. The van der Waals surface area contributed by atoms with E-state index in [0.717, 1.165) is 29.7 Å². The molecular formula is C14H23IN6O. The zero-order valence-electron chi connectivity index (χ0n) is 13.1. The third kappa shape index (κ3) is 5.66. The van der Waals surface area contributed by atoms with Gasteiger partial charge in [0.1, 0.15) is 0 Å². The molecule has 2 heterocycles. The molecule has 2 aromatic heterocycles. The van der Waals surface area contributed by atoms with Crippen molar-refractivity contribution >= 4 is 29.9 Å². The highest BCUT2D eigenvalue weighted by Gasteiger charge is 2.08. The highest BCUT2D eigenvalue weighted by atomic mass is 127. The SMILES string of the molecule is CCNC(=NCc1ccn[nH]1)NCc1cc(C(C)C)no1.I. The molecule has 0 aromatic carbocycles. The van der Waals surface area contributed by atoms with E-state index in [9.17, 15) is 0 Å². The Kier molecular flexibility index (Phi) is 7.92. The lowest BCUT2D eigenvalue weighted by molar-refractivity contribution is 0.372. The molecule has 0 radical (unpaired) electrons. The van der Waals surface area contributed by atoms with Gasteiger partial charge in [-0.05, 0) is 18.9 Å². The van der Waals surface area contributed by atoms with Crippen molar-refractivity contribution in [2.24, 2.45) is 4.99 Å². The smallest absolute Gasteiger partial charge is 0.192 e. The monoisotopic (exact) mass is 418 g/mol. The summed E-state index contributed by atoms with van der Waals surface area (Å²) < 4.78 is 5.29. The van der Waals surface area contributed by atoms with Crippen molar-refractivity contribution in [2.45, 2.75) is 39.8 Å². The summed E-state index contributed by atoms with van der Waals surface area (Å²) in [6.45, 7) is 8.09. The van der Waals surface area contributed by atoms with E-state index in [1.54, 1.807) is 6.20 Å². The van der Waals surface area contributed by atoms with Gasteiger partial charge in [0, 0.05) is 18.8 Å². The lowest BCUT2D eigenvalue weighted by Gasteiger charge is -2.09.